The summed E-state index contributed by atoms with van der Waals surface area (Å²) in [5, 5.41) is 13.9. The summed E-state index contributed by atoms with van der Waals surface area (Å²) in [4.78, 5) is 11.7. The molecule has 28 heavy (non-hydrogen) atoms. The van der Waals surface area contributed by atoms with Gasteiger partial charge in [0.15, 0.2) is 0 Å². The largest absolute Gasteiger partial charge is 0.411 e. The lowest BCUT2D eigenvalue weighted by molar-refractivity contribution is 0.317. The molecule has 1 atom stereocenters. The molecule has 1 N–H and O–H groups in total. The lowest BCUT2D eigenvalue weighted by Gasteiger charge is -2.21. The van der Waals surface area contributed by atoms with E-state index < -0.39 is 0 Å². The minimum Gasteiger partial charge on any atom is -0.411 e. The van der Waals surface area contributed by atoms with E-state index in [0.29, 0.717) is 22.7 Å². The Kier molecular flexibility index (Phi) is 6.37. The Morgan fingerprint density at radius 2 is 1.89 bits per heavy atom. The molecular weight excluding hydrogens is 440 g/mol. The van der Waals surface area contributed by atoms with E-state index in [0.717, 1.165) is 21.2 Å². The maximum absolute atomic E-state index is 11.7. The van der Waals surface area contributed by atoms with Gasteiger partial charge in [0.2, 0.25) is 5.56 Å². The van der Waals surface area contributed by atoms with Crippen LogP contribution in [0.3, 0.4) is 0 Å². The fraction of sp³-hybridized carbons (Fsp3) is 0.182. The zero-order valence-electron chi connectivity index (χ0n) is 15.6. The monoisotopic (exact) mass is 458 g/mol. The highest BCUT2D eigenvalue weighted by molar-refractivity contribution is 9.10. The van der Waals surface area contributed by atoms with Crippen molar-refractivity contribution in [3.63, 3.8) is 0 Å². The molecule has 144 valence electrons. The number of benzene rings is 2. The molecule has 0 radical (unpaired) electrons. The molecule has 6 heteroatoms. The van der Waals surface area contributed by atoms with E-state index in [4.69, 9.17) is 11.6 Å². The first-order valence-electron chi connectivity index (χ1n) is 8.78. The summed E-state index contributed by atoms with van der Waals surface area (Å²) in [5.41, 5.74) is 4.38. The van der Waals surface area contributed by atoms with Gasteiger partial charge < -0.3 is 9.77 Å². The van der Waals surface area contributed by atoms with Gasteiger partial charge in [0, 0.05) is 46.7 Å². The van der Waals surface area contributed by atoms with Crippen molar-refractivity contribution < 1.29 is 5.21 Å². The summed E-state index contributed by atoms with van der Waals surface area (Å²) < 4.78 is 2.47. The van der Waals surface area contributed by atoms with Crippen molar-refractivity contribution in [2.24, 2.45) is 12.2 Å². The van der Waals surface area contributed by atoms with Crippen molar-refractivity contribution in [3.05, 3.63) is 103 Å². The second kappa shape index (κ2) is 8.76. The third-order valence-electron chi connectivity index (χ3n) is 4.82. The predicted molar refractivity (Wildman–Crippen MR) is 117 cm³/mol. The average molecular weight is 460 g/mol. The van der Waals surface area contributed by atoms with Gasteiger partial charge in [-0.05, 0) is 53.9 Å². The molecule has 1 aromatic heterocycles. The lowest BCUT2D eigenvalue weighted by Crippen LogP contribution is -2.18. The lowest BCUT2D eigenvalue weighted by atomic mass is 9.83. The van der Waals surface area contributed by atoms with E-state index in [1.54, 1.807) is 19.3 Å². The van der Waals surface area contributed by atoms with Gasteiger partial charge in [-0.25, -0.2) is 0 Å². The highest BCUT2D eigenvalue weighted by atomic mass is 79.9. The van der Waals surface area contributed by atoms with Gasteiger partial charge in [-0.2, -0.15) is 0 Å². The fourth-order valence-electron chi connectivity index (χ4n) is 3.31. The topological polar surface area (TPSA) is 54.6 Å². The molecule has 0 unspecified atom stereocenters. The van der Waals surface area contributed by atoms with Crippen LogP contribution in [-0.2, 0) is 7.05 Å². The molecule has 3 rings (SSSR count). The Labute approximate surface area is 177 Å². The third kappa shape index (κ3) is 4.54. The molecule has 0 spiro atoms. The Balaban J connectivity index is 2.06. The zero-order valence-corrected chi connectivity index (χ0v) is 17.9. The van der Waals surface area contributed by atoms with Crippen molar-refractivity contribution in [2.45, 2.75) is 19.3 Å². The van der Waals surface area contributed by atoms with Crippen LogP contribution >= 0.6 is 27.5 Å². The van der Waals surface area contributed by atoms with Crippen molar-refractivity contribution in [3.8, 4) is 0 Å². The Morgan fingerprint density at radius 1 is 1.18 bits per heavy atom. The van der Waals surface area contributed by atoms with Crippen molar-refractivity contribution in [1.29, 1.82) is 0 Å². The molecule has 0 saturated heterocycles. The SMILES string of the molecule is Cc1cc(Cl)ccc1[C@@H](C/C(=N\O)c1ccc(=O)n(C)c1)c1ccc(Br)cc1. The molecular formula is C22H20BrClN2O2. The minimum atomic E-state index is -0.112. The Morgan fingerprint density at radius 3 is 2.50 bits per heavy atom. The van der Waals surface area contributed by atoms with Gasteiger partial charge in [0.25, 0.3) is 0 Å². The van der Waals surface area contributed by atoms with Crippen LogP contribution in [0.2, 0.25) is 5.02 Å². The molecule has 0 fully saturated rings. The highest BCUT2D eigenvalue weighted by Crippen LogP contribution is 2.33. The summed E-state index contributed by atoms with van der Waals surface area (Å²) in [7, 11) is 1.68. The number of aryl methyl sites for hydroxylation is 2. The summed E-state index contributed by atoms with van der Waals surface area (Å²) in [6.07, 6.45) is 2.16. The quantitative estimate of drug-likeness (QED) is 0.311. The maximum atomic E-state index is 11.7. The van der Waals surface area contributed by atoms with Crippen LogP contribution in [0.5, 0.6) is 0 Å². The minimum absolute atomic E-state index is 0.0338. The normalized spacial score (nSPS) is 12.8. The highest BCUT2D eigenvalue weighted by Gasteiger charge is 2.21. The van der Waals surface area contributed by atoms with Crippen LogP contribution in [-0.4, -0.2) is 15.5 Å². The van der Waals surface area contributed by atoms with E-state index >= 15 is 0 Å². The predicted octanol–water partition coefficient (Wildman–Crippen LogP) is 5.51. The number of nitrogens with zero attached hydrogens (tertiary/aromatic N) is 2. The number of hydrogen-bond donors (Lipinski definition) is 1. The van der Waals surface area contributed by atoms with Gasteiger partial charge in [0.05, 0.1) is 5.71 Å². The number of oxime groups is 1. The van der Waals surface area contributed by atoms with Gasteiger partial charge in [-0.3, -0.25) is 4.79 Å². The molecule has 0 aliphatic rings. The van der Waals surface area contributed by atoms with Crippen LogP contribution in [0.4, 0.5) is 0 Å². The number of rotatable bonds is 5. The first-order valence-corrected chi connectivity index (χ1v) is 9.95. The van der Waals surface area contributed by atoms with E-state index in [2.05, 4.69) is 33.2 Å². The second-order valence-corrected chi connectivity index (χ2v) is 8.07. The molecule has 0 aliphatic carbocycles. The smallest absolute Gasteiger partial charge is 0.250 e. The zero-order chi connectivity index (χ0) is 20.3. The molecule has 0 saturated carbocycles. The average Bonchev–Trinajstić information content (AvgIpc) is 2.67. The Bertz CT molecular complexity index is 1070. The van der Waals surface area contributed by atoms with Gasteiger partial charge in [-0.1, -0.05) is 50.9 Å². The Hall–Kier alpha value is -2.37. The van der Waals surface area contributed by atoms with Crippen molar-refractivity contribution in [1.82, 2.24) is 4.57 Å². The molecule has 4 nitrogen and oxygen atoms in total. The molecule has 0 bridgehead atoms. The maximum Gasteiger partial charge on any atom is 0.250 e. The van der Waals surface area contributed by atoms with E-state index in [9.17, 15) is 10.0 Å². The number of halogens is 2. The van der Waals surface area contributed by atoms with Gasteiger partial charge in [-0.15, -0.1) is 0 Å². The number of pyridine rings is 1. The summed E-state index contributed by atoms with van der Waals surface area (Å²) >= 11 is 9.62. The van der Waals surface area contributed by atoms with Crippen LogP contribution in [0.15, 0.2) is 75.2 Å². The summed E-state index contributed by atoms with van der Waals surface area (Å²) in [6.45, 7) is 2.02. The fourth-order valence-corrected chi connectivity index (χ4v) is 3.80. The van der Waals surface area contributed by atoms with Crippen LogP contribution < -0.4 is 5.56 Å². The summed E-state index contributed by atoms with van der Waals surface area (Å²) in [6, 6.07) is 17.1. The van der Waals surface area contributed by atoms with E-state index in [1.165, 1.54) is 10.6 Å². The molecule has 1 heterocycles. The first kappa shape index (κ1) is 20.4. The summed E-state index contributed by atoms with van der Waals surface area (Å²) in [5.74, 6) is -0.0338. The van der Waals surface area contributed by atoms with Gasteiger partial charge in [0.1, 0.15) is 0 Å². The first-order chi connectivity index (χ1) is 13.4. The second-order valence-electron chi connectivity index (χ2n) is 6.72. The standard InChI is InChI=1S/C22H20BrClN2O2/c1-14-11-18(24)8-9-19(14)20(15-3-6-17(23)7-4-15)12-21(25-28)16-5-10-22(27)26(2)13-16/h3-11,13,20,28H,12H2,1-2H3/b25-21+/t20-/m0/s1. The third-order valence-corrected chi connectivity index (χ3v) is 5.58. The van der Waals surface area contributed by atoms with Crippen LogP contribution in [0.1, 0.15) is 34.6 Å². The van der Waals surface area contributed by atoms with E-state index in [1.807, 2.05) is 37.3 Å². The molecule has 0 aliphatic heterocycles. The van der Waals surface area contributed by atoms with Gasteiger partial charge >= 0.3 is 0 Å². The molecule has 0 amide bonds. The number of hydrogen-bond acceptors (Lipinski definition) is 3. The molecule has 3 aromatic rings. The number of aromatic nitrogens is 1. The van der Waals surface area contributed by atoms with Crippen molar-refractivity contribution in [2.75, 3.05) is 0 Å². The van der Waals surface area contributed by atoms with Crippen LogP contribution in [0, 0.1) is 6.92 Å². The van der Waals surface area contributed by atoms with Crippen molar-refractivity contribution >= 4 is 33.2 Å². The van der Waals surface area contributed by atoms with E-state index in [-0.39, 0.29) is 11.5 Å². The molecule has 2 aromatic carbocycles. The van der Waals surface area contributed by atoms with Crippen LogP contribution in [0.25, 0.3) is 0 Å².